The Hall–Kier alpha value is -3.08. The maximum atomic E-state index is 12.9. The van der Waals surface area contributed by atoms with Gasteiger partial charge in [-0.15, -0.1) is 0 Å². The number of hydrogen-bond donors (Lipinski definition) is 1. The molecule has 0 radical (unpaired) electrons. The van der Waals surface area contributed by atoms with E-state index in [2.05, 4.69) is 5.43 Å². The smallest absolute Gasteiger partial charge is 0.285 e. The summed E-state index contributed by atoms with van der Waals surface area (Å²) in [5, 5.41) is 1.44. The molecule has 11 heteroatoms. The van der Waals surface area contributed by atoms with Crippen LogP contribution in [0.15, 0.2) is 47.4 Å². The van der Waals surface area contributed by atoms with E-state index in [0.29, 0.717) is 52.3 Å². The molecule has 8 nitrogen and oxygen atoms in total. The third-order valence-corrected chi connectivity index (χ3v) is 6.66. The Morgan fingerprint density at radius 2 is 1.86 bits per heavy atom. The molecule has 1 saturated heterocycles. The summed E-state index contributed by atoms with van der Waals surface area (Å²) in [7, 11) is 0. The number of hydrogen-bond acceptors (Lipinski definition) is 7. The fourth-order valence-corrected chi connectivity index (χ4v) is 4.69. The molecular formula is C25H26ClN3O5S2. The van der Waals surface area contributed by atoms with Gasteiger partial charge in [0.1, 0.15) is 0 Å². The van der Waals surface area contributed by atoms with Crippen molar-refractivity contribution in [3.8, 4) is 11.5 Å². The molecule has 0 unspecified atom stereocenters. The zero-order valence-corrected chi connectivity index (χ0v) is 22.5. The summed E-state index contributed by atoms with van der Waals surface area (Å²) in [4.78, 5) is 39.8. The number of benzene rings is 2. The first-order valence-corrected chi connectivity index (χ1v) is 12.9. The van der Waals surface area contributed by atoms with Gasteiger partial charge in [0.05, 0.1) is 11.5 Å². The number of halogens is 1. The Morgan fingerprint density at radius 1 is 1.11 bits per heavy atom. The van der Waals surface area contributed by atoms with Crippen molar-refractivity contribution in [3.05, 3.63) is 63.5 Å². The first-order valence-electron chi connectivity index (χ1n) is 11.3. The Bertz CT molecular complexity index is 1200. The Labute approximate surface area is 224 Å². The quantitative estimate of drug-likeness (QED) is 0.345. The van der Waals surface area contributed by atoms with Crippen LogP contribution in [0.4, 0.5) is 0 Å². The summed E-state index contributed by atoms with van der Waals surface area (Å²) in [6, 6.07) is 11.5. The van der Waals surface area contributed by atoms with Crippen molar-refractivity contribution in [2.24, 2.45) is 0 Å². The Balaban J connectivity index is 1.74. The second-order valence-electron chi connectivity index (χ2n) is 7.46. The van der Waals surface area contributed by atoms with Gasteiger partial charge in [0, 0.05) is 23.7 Å². The van der Waals surface area contributed by atoms with Gasteiger partial charge in [0.15, 0.2) is 22.4 Å². The molecule has 0 bridgehead atoms. The van der Waals surface area contributed by atoms with Gasteiger partial charge in [-0.2, -0.15) is 5.01 Å². The number of hydrazine groups is 1. The van der Waals surface area contributed by atoms with Crippen molar-refractivity contribution < 1.29 is 23.9 Å². The highest BCUT2D eigenvalue weighted by Crippen LogP contribution is 2.34. The lowest BCUT2D eigenvalue weighted by Crippen LogP contribution is -2.44. The van der Waals surface area contributed by atoms with Crippen molar-refractivity contribution in [2.75, 3.05) is 26.3 Å². The topological polar surface area (TPSA) is 88.2 Å². The van der Waals surface area contributed by atoms with Crippen LogP contribution in [-0.2, 0) is 9.59 Å². The van der Waals surface area contributed by atoms with E-state index in [1.165, 1.54) is 6.07 Å². The first kappa shape index (κ1) is 27.5. The molecule has 2 aromatic carbocycles. The molecule has 1 N–H and O–H groups in total. The van der Waals surface area contributed by atoms with Gasteiger partial charge in [-0.05, 0) is 75.0 Å². The number of ether oxygens (including phenoxy) is 2. The first-order chi connectivity index (χ1) is 17.3. The Kier molecular flexibility index (Phi) is 9.74. The van der Waals surface area contributed by atoms with Crippen LogP contribution in [-0.4, -0.2) is 58.3 Å². The Morgan fingerprint density at radius 3 is 2.53 bits per heavy atom. The molecule has 0 aliphatic carbocycles. The van der Waals surface area contributed by atoms with Gasteiger partial charge < -0.3 is 14.4 Å². The van der Waals surface area contributed by atoms with Crippen molar-refractivity contribution in [2.45, 2.75) is 20.8 Å². The maximum Gasteiger partial charge on any atom is 0.285 e. The van der Waals surface area contributed by atoms with Gasteiger partial charge in [-0.25, -0.2) is 0 Å². The number of nitrogens with one attached hydrogen (secondary N) is 1. The van der Waals surface area contributed by atoms with Gasteiger partial charge >= 0.3 is 0 Å². The molecule has 0 spiro atoms. The van der Waals surface area contributed by atoms with E-state index in [1.807, 2.05) is 20.8 Å². The minimum atomic E-state index is -0.505. The molecule has 3 rings (SSSR count). The van der Waals surface area contributed by atoms with E-state index < -0.39 is 11.8 Å². The third-order valence-electron chi connectivity index (χ3n) is 5.13. The average molecular weight is 548 g/mol. The number of thiocarbonyl (C=S) groups is 1. The minimum Gasteiger partial charge on any atom is -0.490 e. The van der Waals surface area contributed by atoms with Crippen LogP contribution in [0.25, 0.3) is 6.08 Å². The lowest BCUT2D eigenvalue weighted by atomic mass is 10.2. The molecule has 1 aliphatic heterocycles. The van der Waals surface area contributed by atoms with E-state index >= 15 is 0 Å². The number of carbonyl (C=O) groups is 3. The molecule has 0 atom stereocenters. The predicted molar refractivity (Wildman–Crippen MR) is 145 cm³/mol. The second-order valence-corrected chi connectivity index (χ2v) is 9.57. The highest BCUT2D eigenvalue weighted by Gasteiger charge is 2.34. The number of amides is 3. The molecule has 36 heavy (non-hydrogen) atoms. The molecule has 1 heterocycles. The van der Waals surface area contributed by atoms with Gasteiger partial charge in [0.25, 0.3) is 17.7 Å². The monoisotopic (exact) mass is 547 g/mol. The van der Waals surface area contributed by atoms with Gasteiger partial charge in [-0.3, -0.25) is 19.8 Å². The standard InChI is InChI=1S/C25H26ClN3O5S2/c1-4-28(5-2)22(30)15-34-19-11-10-16(12-20(19)33-6-3)13-21-24(32)29(25(35)36-21)27-23(31)17-8-7-9-18(26)14-17/h7-14H,4-6,15H2,1-3H3,(H,27,31)/b21-13+. The highest BCUT2D eigenvalue weighted by atomic mass is 35.5. The summed E-state index contributed by atoms with van der Waals surface area (Å²) in [6.45, 7) is 7.15. The fraction of sp³-hybridized carbons (Fsp3) is 0.280. The molecular weight excluding hydrogens is 522 g/mol. The lowest BCUT2D eigenvalue weighted by Gasteiger charge is -2.19. The third kappa shape index (κ3) is 6.77. The van der Waals surface area contributed by atoms with Crippen LogP contribution in [0.3, 0.4) is 0 Å². The maximum absolute atomic E-state index is 12.9. The summed E-state index contributed by atoms with van der Waals surface area (Å²) in [5.41, 5.74) is 3.50. The number of rotatable bonds is 10. The molecule has 0 aromatic heterocycles. The van der Waals surface area contributed by atoms with Crippen LogP contribution < -0.4 is 14.9 Å². The average Bonchev–Trinajstić information content (AvgIpc) is 3.11. The van der Waals surface area contributed by atoms with Crippen LogP contribution in [0.2, 0.25) is 5.02 Å². The lowest BCUT2D eigenvalue weighted by molar-refractivity contribution is -0.133. The fourth-order valence-electron chi connectivity index (χ4n) is 3.32. The molecule has 3 amide bonds. The van der Waals surface area contributed by atoms with E-state index in [9.17, 15) is 14.4 Å². The minimum absolute atomic E-state index is 0.105. The van der Waals surface area contributed by atoms with E-state index in [1.54, 1.807) is 47.4 Å². The zero-order chi connectivity index (χ0) is 26.2. The number of carbonyl (C=O) groups excluding carboxylic acids is 3. The van der Waals surface area contributed by atoms with Crippen LogP contribution in [0.5, 0.6) is 11.5 Å². The van der Waals surface area contributed by atoms with E-state index in [-0.39, 0.29) is 16.8 Å². The van der Waals surface area contributed by atoms with Crippen LogP contribution in [0.1, 0.15) is 36.7 Å². The van der Waals surface area contributed by atoms with Gasteiger partial charge in [0.2, 0.25) is 0 Å². The van der Waals surface area contributed by atoms with Crippen molar-refractivity contribution in [1.29, 1.82) is 0 Å². The summed E-state index contributed by atoms with van der Waals surface area (Å²) in [6.07, 6.45) is 1.65. The summed E-state index contributed by atoms with van der Waals surface area (Å²) in [5.74, 6) is -0.202. The molecule has 1 fully saturated rings. The molecule has 2 aromatic rings. The van der Waals surface area contributed by atoms with Crippen molar-refractivity contribution >= 4 is 63.7 Å². The van der Waals surface area contributed by atoms with Crippen molar-refractivity contribution in [3.63, 3.8) is 0 Å². The number of thioether (sulfide) groups is 1. The van der Waals surface area contributed by atoms with E-state index in [0.717, 1.165) is 16.8 Å². The number of nitrogens with zero attached hydrogens (tertiary/aromatic N) is 2. The second kappa shape index (κ2) is 12.8. The van der Waals surface area contributed by atoms with Crippen LogP contribution in [0, 0.1) is 0 Å². The van der Waals surface area contributed by atoms with Crippen molar-refractivity contribution in [1.82, 2.24) is 15.3 Å². The molecule has 0 saturated carbocycles. The highest BCUT2D eigenvalue weighted by molar-refractivity contribution is 8.26. The summed E-state index contributed by atoms with van der Waals surface area (Å²) < 4.78 is 11.6. The van der Waals surface area contributed by atoms with E-state index in [4.69, 9.17) is 33.3 Å². The zero-order valence-electron chi connectivity index (χ0n) is 20.1. The molecule has 190 valence electrons. The SMILES string of the molecule is CCOc1cc(/C=C2/SC(=S)N(NC(=O)c3cccc(Cl)c3)C2=O)ccc1OCC(=O)N(CC)CC. The summed E-state index contributed by atoms with van der Waals surface area (Å²) >= 11 is 12.3. The normalized spacial score (nSPS) is 14.2. The number of likely N-dealkylation sites (N-methyl/N-ethyl adjacent to an activating group) is 1. The van der Waals surface area contributed by atoms with Crippen LogP contribution >= 0.6 is 35.6 Å². The molecule has 1 aliphatic rings. The largest absolute Gasteiger partial charge is 0.490 e. The predicted octanol–water partition coefficient (Wildman–Crippen LogP) is 4.53. The van der Waals surface area contributed by atoms with Gasteiger partial charge in [-0.1, -0.05) is 35.5 Å².